The molecule has 6 nitrogen and oxygen atoms in total. The number of carbonyl (C=O) groups excluding carboxylic acids is 1. The number of rotatable bonds is 7. The molecule has 0 aliphatic rings. The molecule has 2 aromatic carbocycles. The van der Waals surface area contributed by atoms with E-state index in [-0.39, 0.29) is 23.6 Å². The molecule has 0 aromatic heterocycles. The number of hydrogen-bond acceptors (Lipinski definition) is 6. The van der Waals surface area contributed by atoms with Crippen LogP contribution < -0.4 is 0 Å². The number of oxime groups is 2. The van der Waals surface area contributed by atoms with Gasteiger partial charge in [0.1, 0.15) is 25.4 Å². The molecule has 30 heavy (non-hydrogen) atoms. The van der Waals surface area contributed by atoms with Crippen molar-refractivity contribution in [2.75, 3.05) is 14.2 Å². The van der Waals surface area contributed by atoms with Crippen molar-refractivity contribution in [1.29, 1.82) is 0 Å². The second-order valence-electron chi connectivity index (χ2n) is 5.79. The highest BCUT2D eigenvalue weighted by atomic mass is 19.1. The Morgan fingerprint density at radius 2 is 1.73 bits per heavy atom. The maximum absolute atomic E-state index is 13.8. The minimum atomic E-state index is -0.735. The van der Waals surface area contributed by atoms with E-state index in [2.05, 4.69) is 10.3 Å². The predicted octanol–water partition coefficient (Wildman–Crippen LogP) is 4.76. The first kappa shape index (κ1) is 24.7. The molecular formula is C22H26F2N2O4. The van der Waals surface area contributed by atoms with Crippen LogP contribution in [-0.2, 0) is 25.8 Å². The van der Waals surface area contributed by atoms with Gasteiger partial charge in [0, 0.05) is 22.8 Å². The van der Waals surface area contributed by atoms with E-state index in [0.29, 0.717) is 11.1 Å². The smallest absolute Gasteiger partial charge is 0.360 e. The Morgan fingerprint density at radius 1 is 1.03 bits per heavy atom. The lowest BCUT2D eigenvalue weighted by Crippen LogP contribution is -2.20. The fourth-order valence-electron chi connectivity index (χ4n) is 2.53. The largest absolute Gasteiger partial charge is 0.464 e. The van der Waals surface area contributed by atoms with E-state index in [0.717, 1.165) is 17.7 Å². The van der Waals surface area contributed by atoms with Crippen LogP contribution in [0.2, 0.25) is 0 Å². The summed E-state index contributed by atoms with van der Waals surface area (Å²) in [4.78, 5) is 22.1. The summed E-state index contributed by atoms with van der Waals surface area (Å²) < 4.78 is 31.6. The number of halogens is 2. The molecule has 0 N–H and O–H groups in total. The number of esters is 1. The van der Waals surface area contributed by atoms with Crippen LogP contribution >= 0.6 is 0 Å². The lowest BCUT2D eigenvalue weighted by atomic mass is 9.99. The van der Waals surface area contributed by atoms with Crippen LogP contribution in [-0.4, -0.2) is 31.6 Å². The van der Waals surface area contributed by atoms with Crippen LogP contribution in [0.5, 0.6) is 0 Å². The van der Waals surface area contributed by atoms with Crippen molar-refractivity contribution in [3.8, 4) is 0 Å². The molecule has 0 bridgehead atoms. The zero-order chi connectivity index (χ0) is 22.7. The highest BCUT2D eigenvalue weighted by Gasteiger charge is 2.20. The van der Waals surface area contributed by atoms with Crippen molar-refractivity contribution >= 4 is 17.4 Å². The SMILES string of the molecule is CC.CO/N=C(/C(=O)OC)c1cccc(C)c1CO/N=C(\C)c1ccc(F)cc1F. The van der Waals surface area contributed by atoms with E-state index in [9.17, 15) is 13.6 Å². The van der Waals surface area contributed by atoms with Gasteiger partial charge in [-0.25, -0.2) is 13.6 Å². The van der Waals surface area contributed by atoms with Gasteiger partial charge in [0.15, 0.2) is 5.71 Å². The predicted molar refractivity (Wildman–Crippen MR) is 111 cm³/mol. The minimum Gasteiger partial charge on any atom is -0.464 e. The summed E-state index contributed by atoms with van der Waals surface area (Å²) in [6, 6.07) is 8.46. The first-order valence-electron chi connectivity index (χ1n) is 9.29. The van der Waals surface area contributed by atoms with E-state index in [4.69, 9.17) is 14.4 Å². The summed E-state index contributed by atoms with van der Waals surface area (Å²) in [5.74, 6) is -2.07. The molecule has 0 aliphatic heterocycles. The maximum Gasteiger partial charge on any atom is 0.360 e. The molecule has 0 atom stereocenters. The molecule has 0 heterocycles. The number of carbonyl (C=O) groups is 1. The molecule has 2 rings (SSSR count). The highest BCUT2D eigenvalue weighted by molar-refractivity contribution is 6.43. The number of ether oxygens (including phenoxy) is 1. The van der Waals surface area contributed by atoms with Crippen LogP contribution in [0.25, 0.3) is 0 Å². The summed E-state index contributed by atoms with van der Waals surface area (Å²) in [5, 5.41) is 7.64. The third-order valence-corrected chi connectivity index (χ3v) is 3.96. The summed E-state index contributed by atoms with van der Waals surface area (Å²) in [5.41, 5.74) is 2.28. The molecule has 2 aromatic rings. The molecule has 0 fully saturated rings. The molecule has 0 aliphatic carbocycles. The van der Waals surface area contributed by atoms with Gasteiger partial charge in [0.05, 0.1) is 12.8 Å². The third-order valence-electron chi connectivity index (χ3n) is 3.96. The zero-order valence-corrected chi connectivity index (χ0v) is 18.0. The lowest BCUT2D eigenvalue weighted by Gasteiger charge is -2.12. The normalized spacial score (nSPS) is 11.3. The minimum absolute atomic E-state index is 0.0120. The zero-order valence-electron chi connectivity index (χ0n) is 18.0. The Hall–Kier alpha value is -3.29. The maximum atomic E-state index is 13.8. The molecule has 0 saturated carbocycles. The fourth-order valence-corrected chi connectivity index (χ4v) is 2.53. The van der Waals surface area contributed by atoms with Crippen molar-refractivity contribution in [1.82, 2.24) is 0 Å². The van der Waals surface area contributed by atoms with Crippen LogP contribution in [0.4, 0.5) is 8.78 Å². The number of nitrogens with zero attached hydrogens (tertiary/aromatic N) is 2. The van der Waals surface area contributed by atoms with Gasteiger partial charge < -0.3 is 14.4 Å². The second kappa shape index (κ2) is 12.3. The quantitative estimate of drug-likeness (QED) is 0.368. The average molecular weight is 420 g/mol. The molecule has 0 spiro atoms. The number of methoxy groups -OCH3 is 1. The Balaban J connectivity index is 0.00000218. The van der Waals surface area contributed by atoms with Crippen LogP contribution in [0.15, 0.2) is 46.7 Å². The van der Waals surface area contributed by atoms with E-state index in [1.54, 1.807) is 19.1 Å². The Kier molecular flexibility index (Phi) is 10.2. The molecule has 0 unspecified atom stereocenters. The van der Waals surface area contributed by atoms with Gasteiger partial charge in [-0.3, -0.25) is 0 Å². The van der Waals surface area contributed by atoms with Gasteiger partial charge in [-0.2, -0.15) is 0 Å². The van der Waals surface area contributed by atoms with Gasteiger partial charge in [-0.1, -0.05) is 42.4 Å². The summed E-state index contributed by atoms with van der Waals surface area (Å²) >= 11 is 0. The van der Waals surface area contributed by atoms with Crippen LogP contribution in [0, 0.1) is 18.6 Å². The van der Waals surface area contributed by atoms with E-state index in [1.165, 1.54) is 20.3 Å². The van der Waals surface area contributed by atoms with E-state index < -0.39 is 17.6 Å². The Bertz CT molecular complexity index is 927. The molecule has 162 valence electrons. The van der Waals surface area contributed by atoms with Gasteiger partial charge in [0.25, 0.3) is 0 Å². The first-order valence-corrected chi connectivity index (χ1v) is 9.29. The van der Waals surface area contributed by atoms with Gasteiger partial charge in [-0.05, 0) is 31.5 Å². The van der Waals surface area contributed by atoms with E-state index in [1.807, 2.05) is 26.8 Å². The van der Waals surface area contributed by atoms with Crippen molar-refractivity contribution in [3.63, 3.8) is 0 Å². The Morgan fingerprint density at radius 3 is 2.33 bits per heavy atom. The second-order valence-corrected chi connectivity index (χ2v) is 5.79. The molecular weight excluding hydrogens is 394 g/mol. The van der Waals surface area contributed by atoms with Crippen LogP contribution in [0.1, 0.15) is 43.0 Å². The molecule has 0 amide bonds. The van der Waals surface area contributed by atoms with Crippen molar-refractivity contribution in [3.05, 3.63) is 70.3 Å². The lowest BCUT2D eigenvalue weighted by molar-refractivity contribution is -0.132. The van der Waals surface area contributed by atoms with Crippen molar-refractivity contribution < 1.29 is 28.0 Å². The monoisotopic (exact) mass is 420 g/mol. The van der Waals surface area contributed by atoms with Gasteiger partial charge >= 0.3 is 5.97 Å². The number of hydrogen-bond donors (Lipinski definition) is 0. The topological polar surface area (TPSA) is 69.5 Å². The van der Waals surface area contributed by atoms with Crippen molar-refractivity contribution in [2.24, 2.45) is 10.3 Å². The molecule has 8 heteroatoms. The van der Waals surface area contributed by atoms with Gasteiger partial charge in [-0.15, -0.1) is 0 Å². The summed E-state index contributed by atoms with van der Waals surface area (Å²) in [7, 11) is 2.56. The van der Waals surface area contributed by atoms with Crippen LogP contribution in [0.3, 0.4) is 0 Å². The highest BCUT2D eigenvalue weighted by Crippen LogP contribution is 2.18. The van der Waals surface area contributed by atoms with Crippen molar-refractivity contribution in [2.45, 2.75) is 34.3 Å². The van der Waals surface area contributed by atoms with E-state index >= 15 is 0 Å². The summed E-state index contributed by atoms with van der Waals surface area (Å²) in [6.07, 6.45) is 0. The Labute approximate surface area is 175 Å². The third kappa shape index (κ3) is 6.37. The fraction of sp³-hybridized carbons (Fsp3) is 0.318. The first-order chi connectivity index (χ1) is 14.4. The molecule has 0 radical (unpaired) electrons. The summed E-state index contributed by atoms with van der Waals surface area (Å²) in [6.45, 7) is 7.36. The standard InChI is InChI=1S/C20H20F2N2O4.C2H6/c1-12-6-5-7-16(19(24-27-4)20(25)26-3)17(12)11-28-23-13(2)15-9-8-14(21)10-18(15)22;1-2/h5-10H,11H2,1-4H3;1-2H3/b23-13+,24-19+;. The molecule has 0 saturated heterocycles. The van der Waals surface area contributed by atoms with Gasteiger partial charge in [0.2, 0.25) is 0 Å². The number of aryl methyl sites for hydroxylation is 1. The average Bonchev–Trinajstić information content (AvgIpc) is 2.74. The number of benzene rings is 2.